The average Bonchev–Trinajstić information content (AvgIpc) is 2.80. The van der Waals surface area contributed by atoms with Gasteiger partial charge in [-0.25, -0.2) is 0 Å². The first-order valence-electron chi connectivity index (χ1n) is 10.3. The molecule has 6 heteroatoms. The topological polar surface area (TPSA) is 15.7 Å². The van der Waals surface area contributed by atoms with Gasteiger partial charge in [0.05, 0.1) is 5.02 Å². The van der Waals surface area contributed by atoms with Crippen molar-refractivity contribution in [3.05, 3.63) is 99.5 Å². The van der Waals surface area contributed by atoms with E-state index in [-0.39, 0.29) is 0 Å². The number of nitrogens with zero attached hydrogens (tertiary/aromatic N) is 2. The van der Waals surface area contributed by atoms with Crippen LogP contribution in [0.5, 0.6) is 5.75 Å². The fraction of sp³-hybridized carbons (Fsp3) is 0.240. The van der Waals surface area contributed by atoms with E-state index in [9.17, 15) is 0 Å². The van der Waals surface area contributed by atoms with Gasteiger partial charge in [-0.3, -0.25) is 4.90 Å². The van der Waals surface area contributed by atoms with Crippen molar-refractivity contribution in [1.82, 2.24) is 9.80 Å². The van der Waals surface area contributed by atoms with Crippen LogP contribution < -0.4 is 4.74 Å². The Bertz CT molecular complexity index is 1020. The Hall–Kier alpha value is -2.11. The second kappa shape index (κ2) is 10.5. The highest BCUT2D eigenvalue weighted by atomic mass is 35.5. The van der Waals surface area contributed by atoms with Gasteiger partial charge in [-0.1, -0.05) is 77.9 Å². The van der Waals surface area contributed by atoms with Crippen molar-refractivity contribution in [3.8, 4) is 5.75 Å². The molecule has 1 fully saturated rings. The van der Waals surface area contributed by atoms with Crippen molar-refractivity contribution in [2.24, 2.45) is 0 Å². The molecule has 3 nitrogen and oxygen atoms in total. The molecule has 160 valence electrons. The summed E-state index contributed by atoms with van der Waals surface area (Å²) in [7, 11) is 0. The third-order valence-electron chi connectivity index (χ3n) is 5.39. The standard InChI is InChI=1S/C25H24Cl2N2OS/c26-22-9-6-20(7-10-22)18-30-24-11-8-21(16-23(24)27)25(31)29-14-12-28(13-15-29)17-19-4-2-1-3-5-19/h1-11,16H,12-15,17-18H2. The third kappa shape index (κ3) is 5.98. The SMILES string of the molecule is S=C(c1ccc(OCc2ccc(Cl)cc2)c(Cl)c1)N1CCN(Cc2ccccc2)CC1. The van der Waals surface area contributed by atoms with E-state index in [1.165, 1.54) is 5.56 Å². The molecule has 0 radical (unpaired) electrons. The van der Waals surface area contributed by atoms with Crippen LogP contribution in [0.3, 0.4) is 0 Å². The summed E-state index contributed by atoms with van der Waals surface area (Å²) in [6.45, 7) is 5.23. The van der Waals surface area contributed by atoms with Gasteiger partial charge in [-0.05, 0) is 41.5 Å². The predicted molar refractivity (Wildman–Crippen MR) is 132 cm³/mol. The quantitative estimate of drug-likeness (QED) is 0.406. The lowest BCUT2D eigenvalue weighted by molar-refractivity contribution is 0.177. The number of hydrogen-bond acceptors (Lipinski definition) is 3. The van der Waals surface area contributed by atoms with Crippen LogP contribution in [0.2, 0.25) is 10.0 Å². The molecule has 1 heterocycles. The van der Waals surface area contributed by atoms with Gasteiger partial charge >= 0.3 is 0 Å². The number of rotatable bonds is 6. The van der Waals surface area contributed by atoms with Gasteiger partial charge in [-0.15, -0.1) is 0 Å². The van der Waals surface area contributed by atoms with E-state index < -0.39 is 0 Å². The highest BCUT2D eigenvalue weighted by molar-refractivity contribution is 7.80. The van der Waals surface area contributed by atoms with Crippen LogP contribution in [-0.4, -0.2) is 41.0 Å². The molecule has 3 aromatic carbocycles. The Labute approximate surface area is 199 Å². The first kappa shape index (κ1) is 22.1. The molecule has 4 rings (SSSR count). The van der Waals surface area contributed by atoms with Crippen LogP contribution in [0.4, 0.5) is 0 Å². The maximum absolute atomic E-state index is 6.48. The Morgan fingerprint density at radius 3 is 2.23 bits per heavy atom. The molecule has 0 atom stereocenters. The van der Waals surface area contributed by atoms with Crippen molar-refractivity contribution >= 4 is 40.4 Å². The molecule has 0 spiro atoms. The lowest BCUT2D eigenvalue weighted by Gasteiger charge is -2.36. The van der Waals surface area contributed by atoms with E-state index in [1.807, 2.05) is 42.5 Å². The molecular weight excluding hydrogens is 447 g/mol. The van der Waals surface area contributed by atoms with Crippen LogP contribution in [-0.2, 0) is 13.2 Å². The van der Waals surface area contributed by atoms with Gasteiger partial charge < -0.3 is 9.64 Å². The molecule has 0 saturated carbocycles. The largest absolute Gasteiger partial charge is 0.487 e. The van der Waals surface area contributed by atoms with Crippen molar-refractivity contribution in [3.63, 3.8) is 0 Å². The Kier molecular flexibility index (Phi) is 7.46. The molecule has 0 amide bonds. The molecule has 31 heavy (non-hydrogen) atoms. The molecule has 0 aromatic heterocycles. The summed E-state index contributed by atoms with van der Waals surface area (Å²) in [5.41, 5.74) is 3.34. The highest BCUT2D eigenvalue weighted by Crippen LogP contribution is 2.27. The first-order valence-corrected chi connectivity index (χ1v) is 11.5. The van der Waals surface area contributed by atoms with Crippen molar-refractivity contribution in [2.45, 2.75) is 13.2 Å². The minimum absolute atomic E-state index is 0.435. The first-order chi connectivity index (χ1) is 15.1. The summed E-state index contributed by atoms with van der Waals surface area (Å²) in [5.74, 6) is 0.649. The second-order valence-corrected chi connectivity index (χ2v) is 8.84. The third-order valence-corrected chi connectivity index (χ3v) is 6.44. The van der Waals surface area contributed by atoms with Crippen LogP contribution in [0.15, 0.2) is 72.8 Å². The summed E-state index contributed by atoms with van der Waals surface area (Å²) < 4.78 is 5.88. The van der Waals surface area contributed by atoms with Gasteiger partial charge in [-0.2, -0.15) is 0 Å². The van der Waals surface area contributed by atoms with Gasteiger partial charge in [0.2, 0.25) is 0 Å². The summed E-state index contributed by atoms with van der Waals surface area (Å²) in [6, 6.07) is 24.0. The van der Waals surface area contributed by atoms with Crippen LogP contribution in [0.25, 0.3) is 0 Å². The van der Waals surface area contributed by atoms with Crippen molar-refractivity contribution < 1.29 is 4.74 Å². The van der Waals surface area contributed by atoms with E-state index in [4.69, 9.17) is 40.2 Å². The zero-order valence-corrected chi connectivity index (χ0v) is 19.5. The lowest BCUT2D eigenvalue weighted by atomic mass is 10.1. The molecule has 0 unspecified atom stereocenters. The number of hydrogen-bond donors (Lipinski definition) is 0. The number of thiocarbonyl (C=S) groups is 1. The Morgan fingerprint density at radius 2 is 1.55 bits per heavy atom. The van der Waals surface area contributed by atoms with Crippen LogP contribution in [0, 0.1) is 0 Å². The fourth-order valence-corrected chi connectivity index (χ4v) is 4.30. The zero-order chi connectivity index (χ0) is 21.6. The monoisotopic (exact) mass is 470 g/mol. The summed E-state index contributed by atoms with van der Waals surface area (Å²) in [5, 5.41) is 1.28. The van der Waals surface area contributed by atoms with E-state index in [0.717, 1.165) is 48.8 Å². The average molecular weight is 471 g/mol. The van der Waals surface area contributed by atoms with E-state index >= 15 is 0 Å². The van der Waals surface area contributed by atoms with Gasteiger partial charge in [0.15, 0.2) is 0 Å². The van der Waals surface area contributed by atoms with Crippen molar-refractivity contribution in [1.29, 1.82) is 0 Å². The number of benzene rings is 3. The van der Waals surface area contributed by atoms with Gasteiger partial charge in [0, 0.05) is 43.3 Å². The van der Waals surface area contributed by atoms with Crippen LogP contribution >= 0.6 is 35.4 Å². The maximum atomic E-state index is 6.48. The Morgan fingerprint density at radius 1 is 0.839 bits per heavy atom. The highest BCUT2D eigenvalue weighted by Gasteiger charge is 2.20. The summed E-state index contributed by atoms with van der Waals surface area (Å²) in [6.07, 6.45) is 0. The predicted octanol–water partition coefficient (Wildman–Crippen LogP) is 6.07. The number of halogens is 2. The minimum atomic E-state index is 0.435. The van der Waals surface area contributed by atoms with E-state index in [1.54, 1.807) is 0 Å². The lowest BCUT2D eigenvalue weighted by Crippen LogP contribution is -2.48. The molecule has 3 aromatic rings. The van der Waals surface area contributed by atoms with E-state index in [2.05, 4.69) is 40.1 Å². The summed E-state index contributed by atoms with van der Waals surface area (Å²) >= 11 is 18.2. The molecular formula is C25H24Cl2N2OS. The molecule has 0 N–H and O–H groups in total. The molecule has 0 bridgehead atoms. The fourth-order valence-electron chi connectivity index (χ4n) is 3.63. The van der Waals surface area contributed by atoms with Crippen molar-refractivity contribution in [2.75, 3.05) is 26.2 Å². The summed E-state index contributed by atoms with van der Waals surface area (Å²) in [4.78, 5) is 5.57. The van der Waals surface area contributed by atoms with Gasteiger partial charge in [0.1, 0.15) is 17.3 Å². The Balaban J connectivity index is 1.31. The minimum Gasteiger partial charge on any atom is -0.487 e. The molecule has 1 aliphatic heterocycles. The second-order valence-electron chi connectivity index (χ2n) is 7.61. The molecule has 1 saturated heterocycles. The smallest absolute Gasteiger partial charge is 0.138 e. The molecule has 1 aliphatic rings. The number of ether oxygens (including phenoxy) is 1. The molecule has 0 aliphatic carbocycles. The zero-order valence-electron chi connectivity index (χ0n) is 17.1. The number of piperazine rings is 1. The van der Waals surface area contributed by atoms with E-state index in [0.29, 0.717) is 22.4 Å². The normalized spacial score (nSPS) is 14.5. The maximum Gasteiger partial charge on any atom is 0.138 e. The van der Waals surface area contributed by atoms with Crippen LogP contribution in [0.1, 0.15) is 16.7 Å². The van der Waals surface area contributed by atoms with Gasteiger partial charge in [0.25, 0.3) is 0 Å².